The second-order valence-corrected chi connectivity index (χ2v) is 17.8. The molecule has 4 amide bonds. The van der Waals surface area contributed by atoms with Crippen LogP contribution in [-0.2, 0) is 27.5 Å². The molecule has 334 valence electrons. The number of hydrogen-bond acceptors (Lipinski definition) is 12. The van der Waals surface area contributed by atoms with Crippen LogP contribution in [-0.4, -0.2) is 141 Å². The lowest BCUT2D eigenvalue weighted by Crippen LogP contribution is -2.54. The minimum Gasteiger partial charge on any atom is -0.391 e. The molecule has 1 aliphatic carbocycles. The number of aromatic nitrogens is 8. The molecule has 3 aliphatic rings. The van der Waals surface area contributed by atoms with Crippen LogP contribution in [0.1, 0.15) is 87.0 Å². The minimum atomic E-state index is -0.679. The number of aliphatic hydroxyl groups excluding tert-OH is 1. The van der Waals surface area contributed by atoms with Crippen LogP contribution >= 0.6 is 0 Å². The molecule has 2 atom stereocenters. The van der Waals surface area contributed by atoms with Gasteiger partial charge in [-0.2, -0.15) is 5.10 Å². The highest BCUT2D eigenvalue weighted by atomic mass is 19.1. The largest absolute Gasteiger partial charge is 0.391 e. The van der Waals surface area contributed by atoms with E-state index in [0.717, 1.165) is 29.8 Å². The molecule has 5 aromatic rings. The van der Waals surface area contributed by atoms with Crippen LogP contribution in [0.2, 0.25) is 0 Å². The van der Waals surface area contributed by atoms with Crippen molar-refractivity contribution in [3.05, 3.63) is 72.0 Å². The predicted octanol–water partition coefficient (Wildman–Crippen LogP) is 2.84. The van der Waals surface area contributed by atoms with E-state index in [1.807, 2.05) is 36.3 Å². The van der Waals surface area contributed by atoms with Gasteiger partial charge in [0.1, 0.15) is 17.6 Å². The number of rotatable bonds is 16. The van der Waals surface area contributed by atoms with Gasteiger partial charge < -0.3 is 30.9 Å². The van der Waals surface area contributed by atoms with Gasteiger partial charge in [0.15, 0.2) is 11.5 Å². The van der Waals surface area contributed by atoms with Crippen molar-refractivity contribution in [3.8, 4) is 11.3 Å². The first-order valence-electron chi connectivity index (χ1n) is 21.7. The zero-order valence-corrected chi connectivity index (χ0v) is 35.9. The zero-order chi connectivity index (χ0) is 44.3. The Kier molecular flexibility index (Phi) is 12.8. The number of amides is 4. The third-order valence-electron chi connectivity index (χ3n) is 11.8. The van der Waals surface area contributed by atoms with E-state index in [1.165, 1.54) is 6.07 Å². The Labute approximate surface area is 363 Å². The summed E-state index contributed by atoms with van der Waals surface area (Å²) in [4.78, 5) is 66.8. The van der Waals surface area contributed by atoms with E-state index < -0.39 is 23.4 Å². The Hall–Kier alpha value is -6.28. The van der Waals surface area contributed by atoms with Crippen molar-refractivity contribution in [1.82, 2.24) is 64.9 Å². The van der Waals surface area contributed by atoms with Crippen LogP contribution in [0.4, 0.5) is 15.9 Å². The first-order valence-corrected chi connectivity index (χ1v) is 21.7. The quantitative estimate of drug-likeness (QED) is 0.0904. The molecule has 0 spiro atoms. The fraction of sp³-hybridized carbons (Fsp3) is 0.512. The molecular formula is C43H55FN14O5. The van der Waals surface area contributed by atoms with Crippen molar-refractivity contribution >= 4 is 40.8 Å². The number of carbonyl (C=O) groups excluding carboxylic acids is 4. The smallest absolute Gasteiger partial charge is 0.254 e. The summed E-state index contributed by atoms with van der Waals surface area (Å²) in [6, 6.07) is 3.71. The second kappa shape index (κ2) is 18.6. The maximum Gasteiger partial charge on any atom is 0.254 e. The average Bonchev–Trinajstić information content (AvgIpc) is 3.63. The summed E-state index contributed by atoms with van der Waals surface area (Å²) in [7, 11) is 0. The SMILES string of the molecule is CC(C)(C)[C@@H](NC(=O)CCCCn1cc(CNC(=O)CN2CCN(C(=O)c3ccc(Nc4nc(C5CC5)cn5c(-c6cn[nH]c6)cnc45)c(F)c3)CC2)nn1)C(=O)N1CC[C@@H](O)C1. The average molecular weight is 867 g/mol. The molecular weight excluding hydrogens is 812 g/mol. The number of nitrogens with one attached hydrogen (secondary N) is 4. The number of piperazine rings is 1. The molecule has 0 unspecified atom stereocenters. The summed E-state index contributed by atoms with van der Waals surface area (Å²) < 4.78 is 19.2. The molecule has 0 bridgehead atoms. The number of hydrogen-bond donors (Lipinski definition) is 5. The highest BCUT2D eigenvalue weighted by Crippen LogP contribution is 2.40. The molecule has 2 aliphatic heterocycles. The molecule has 5 N–H and O–H groups in total. The first kappa shape index (κ1) is 43.4. The van der Waals surface area contributed by atoms with Gasteiger partial charge in [-0.15, -0.1) is 5.10 Å². The van der Waals surface area contributed by atoms with E-state index in [4.69, 9.17) is 4.98 Å². The molecule has 63 heavy (non-hydrogen) atoms. The van der Waals surface area contributed by atoms with Gasteiger partial charge in [-0.3, -0.25) is 38.3 Å². The van der Waals surface area contributed by atoms with E-state index in [-0.39, 0.29) is 60.9 Å². The lowest BCUT2D eigenvalue weighted by Gasteiger charge is -2.34. The van der Waals surface area contributed by atoms with Gasteiger partial charge >= 0.3 is 0 Å². The minimum absolute atomic E-state index is 0.151. The lowest BCUT2D eigenvalue weighted by atomic mass is 9.85. The van der Waals surface area contributed by atoms with Crippen LogP contribution in [0.25, 0.3) is 16.9 Å². The van der Waals surface area contributed by atoms with Crippen molar-refractivity contribution in [2.45, 2.75) is 90.4 Å². The van der Waals surface area contributed by atoms with Crippen molar-refractivity contribution < 1.29 is 28.7 Å². The van der Waals surface area contributed by atoms with Crippen LogP contribution in [0.3, 0.4) is 0 Å². The van der Waals surface area contributed by atoms with Crippen LogP contribution in [0, 0.1) is 11.2 Å². The Balaban J connectivity index is 0.750. The third kappa shape index (κ3) is 10.5. The van der Waals surface area contributed by atoms with E-state index in [1.54, 1.807) is 51.4 Å². The number of fused-ring (bicyclic) bond motifs is 1. The number of aliphatic hydroxyl groups is 1. The van der Waals surface area contributed by atoms with Crippen molar-refractivity contribution in [3.63, 3.8) is 0 Å². The number of H-pyrrole nitrogens is 1. The van der Waals surface area contributed by atoms with Gasteiger partial charge in [-0.1, -0.05) is 26.0 Å². The molecule has 1 saturated carbocycles. The maximum atomic E-state index is 15.6. The van der Waals surface area contributed by atoms with Crippen molar-refractivity contribution in [2.75, 3.05) is 51.1 Å². The summed E-state index contributed by atoms with van der Waals surface area (Å²) in [6.07, 6.45) is 12.6. The number of nitrogens with zero attached hydrogens (tertiary/aromatic N) is 10. The Bertz CT molecular complexity index is 2430. The molecule has 19 nitrogen and oxygen atoms in total. The first-order chi connectivity index (χ1) is 30.3. The summed E-state index contributed by atoms with van der Waals surface area (Å²) in [5.41, 5.74) is 3.67. The summed E-state index contributed by atoms with van der Waals surface area (Å²) >= 11 is 0. The number of imidazole rings is 1. The fourth-order valence-corrected chi connectivity index (χ4v) is 7.98. The molecule has 3 fully saturated rings. The number of aryl methyl sites for hydroxylation is 1. The molecule has 8 rings (SSSR count). The van der Waals surface area contributed by atoms with Gasteiger partial charge in [0.2, 0.25) is 17.7 Å². The number of unbranched alkanes of at least 4 members (excludes halogenated alkanes) is 1. The standard InChI is InChI=1S/C43H55FN14O5/c1-43(2,3)38(42(63)56-13-11-31(59)24-56)51-36(60)6-4-5-12-57-23-30(52-53-57)21-45-37(61)26-54-14-16-55(17-15-54)41(62)28-9-10-33(32(44)18-28)49-39-40-46-22-35(29-19-47-48-20-29)58(40)25-34(50-39)27-7-8-27/h9-10,18-20,22-23,25,27,31,38,59H,4-8,11-17,21,24,26H2,1-3H3,(H,45,61)(H,47,48)(H,49,50)(H,51,60)/t31-,38+/m1/s1. The third-order valence-corrected chi connectivity index (χ3v) is 11.8. The van der Waals surface area contributed by atoms with Crippen LogP contribution < -0.4 is 16.0 Å². The normalized spacial score (nSPS) is 17.6. The van der Waals surface area contributed by atoms with Crippen molar-refractivity contribution in [1.29, 1.82) is 0 Å². The predicted molar refractivity (Wildman–Crippen MR) is 229 cm³/mol. The molecule has 20 heteroatoms. The highest BCUT2D eigenvalue weighted by molar-refractivity contribution is 5.95. The number of anilines is 2. The maximum absolute atomic E-state index is 15.6. The van der Waals surface area contributed by atoms with Gasteiger partial charge in [-0.05, 0) is 55.7 Å². The number of halogens is 1. The molecule has 6 heterocycles. The van der Waals surface area contributed by atoms with E-state index in [2.05, 4.69) is 41.4 Å². The number of benzene rings is 1. The summed E-state index contributed by atoms with van der Waals surface area (Å²) in [5, 5.41) is 34.0. The molecule has 2 saturated heterocycles. The number of likely N-dealkylation sites (tertiary alicyclic amines) is 1. The molecule has 4 aromatic heterocycles. The van der Waals surface area contributed by atoms with Crippen LogP contribution in [0.15, 0.2) is 49.2 Å². The number of β-amino-alcohol motifs (C(OH)–C–C–N with tert-alkyl or cyclic N) is 1. The Morgan fingerprint density at radius 2 is 1.79 bits per heavy atom. The number of carbonyl (C=O) groups is 4. The van der Waals surface area contributed by atoms with E-state index >= 15 is 4.39 Å². The van der Waals surface area contributed by atoms with E-state index in [0.29, 0.717) is 81.6 Å². The highest BCUT2D eigenvalue weighted by Gasteiger charge is 2.38. The van der Waals surface area contributed by atoms with Gasteiger partial charge in [0.05, 0.1) is 54.9 Å². The summed E-state index contributed by atoms with van der Waals surface area (Å²) in [6.45, 7) is 9.13. The van der Waals surface area contributed by atoms with Gasteiger partial charge in [0.25, 0.3) is 5.91 Å². The van der Waals surface area contributed by atoms with Crippen molar-refractivity contribution in [2.24, 2.45) is 5.41 Å². The zero-order valence-electron chi connectivity index (χ0n) is 35.9. The summed E-state index contributed by atoms with van der Waals surface area (Å²) in [5.74, 6) is -0.662. The Morgan fingerprint density at radius 1 is 0.984 bits per heavy atom. The Morgan fingerprint density at radius 3 is 2.49 bits per heavy atom. The molecule has 0 radical (unpaired) electrons. The number of aromatic amines is 1. The lowest BCUT2D eigenvalue weighted by molar-refractivity contribution is -0.138. The molecule has 1 aromatic carbocycles. The topological polar surface area (TPSA) is 224 Å². The van der Waals surface area contributed by atoms with Crippen LogP contribution in [0.5, 0.6) is 0 Å². The fourth-order valence-electron chi connectivity index (χ4n) is 7.98. The monoisotopic (exact) mass is 866 g/mol. The second-order valence-electron chi connectivity index (χ2n) is 17.8. The van der Waals surface area contributed by atoms with Gasteiger partial charge in [0, 0.05) is 81.7 Å². The van der Waals surface area contributed by atoms with Gasteiger partial charge in [-0.25, -0.2) is 14.4 Å². The van der Waals surface area contributed by atoms with E-state index in [9.17, 15) is 24.3 Å².